The molecular formula is C17H18N2O5. The average molecular weight is 330 g/mol. The summed E-state index contributed by atoms with van der Waals surface area (Å²) in [6.45, 7) is 5.93. The van der Waals surface area contributed by atoms with E-state index in [0.29, 0.717) is 5.75 Å². The molecule has 7 heteroatoms. The van der Waals surface area contributed by atoms with Crippen molar-refractivity contribution in [3.05, 3.63) is 57.3 Å². The lowest BCUT2D eigenvalue weighted by molar-refractivity contribution is -0.386. The molecule has 0 unspecified atom stereocenters. The summed E-state index contributed by atoms with van der Waals surface area (Å²) in [5, 5.41) is 11.3. The Balaban J connectivity index is 2.44. The number of pyridine rings is 1. The topological polar surface area (TPSA) is 91.6 Å². The number of esters is 1. The molecule has 0 radical (unpaired) electrons. The predicted octanol–water partition coefficient (Wildman–Crippen LogP) is 4.00. The molecule has 1 heterocycles. The van der Waals surface area contributed by atoms with Gasteiger partial charge in [-0.25, -0.2) is 9.78 Å². The highest BCUT2D eigenvalue weighted by Gasteiger charge is 2.22. The molecule has 0 bridgehead atoms. The monoisotopic (exact) mass is 330 g/mol. The molecule has 0 atom stereocenters. The molecule has 1 aromatic carbocycles. The van der Waals surface area contributed by atoms with Crippen molar-refractivity contribution in [1.82, 2.24) is 4.98 Å². The number of methoxy groups -OCH3 is 1. The standard InChI is InChI=1S/C17H18N2O5/c1-10(2)12-6-5-11(3)15(8-12)24-16-14(19(21)22)7-13(9-18-16)17(20)23-4/h5-10H,1-4H3. The maximum Gasteiger partial charge on any atom is 0.339 e. The van der Waals surface area contributed by atoms with Gasteiger partial charge < -0.3 is 9.47 Å². The molecule has 24 heavy (non-hydrogen) atoms. The van der Waals surface area contributed by atoms with E-state index in [9.17, 15) is 14.9 Å². The molecule has 2 rings (SSSR count). The summed E-state index contributed by atoms with van der Waals surface area (Å²) in [4.78, 5) is 26.0. The highest BCUT2D eigenvalue weighted by Crippen LogP contribution is 2.33. The van der Waals surface area contributed by atoms with Gasteiger partial charge >= 0.3 is 11.7 Å². The third-order valence-corrected chi connectivity index (χ3v) is 3.54. The van der Waals surface area contributed by atoms with Crippen LogP contribution in [-0.2, 0) is 4.74 Å². The van der Waals surface area contributed by atoms with Crippen LogP contribution in [-0.4, -0.2) is 23.0 Å². The molecule has 126 valence electrons. The van der Waals surface area contributed by atoms with Gasteiger partial charge in [-0.1, -0.05) is 26.0 Å². The smallest absolute Gasteiger partial charge is 0.339 e. The molecule has 0 N–H and O–H groups in total. The van der Waals surface area contributed by atoms with Crippen LogP contribution < -0.4 is 4.74 Å². The third kappa shape index (κ3) is 3.68. The molecule has 0 aliphatic carbocycles. The summed E-state index contributed by atoms with van der Waals surface area (Å²) >= 11 is 0. The Kier molecular flexibility index (Phi) is 5.13. The Morgan fingerprint density at radius 2 is 2.00 bits per heavy atom. The number of nitro groups is 1. The second-order valence-electron chi connectivity index (χ2n) is 5.58. The number of carbonyl (C=O) groups excluding carboxylic acids is 1. The molecule has 0 saturated carbocycles. The maximum atomic E-state index is 11.5. The van der Waals surface area contributed by atoms with E-state index in [1.54, 1.807) is 0 Å². The first-order valence-electron chi connectivity index (χ1n) is 7.34. The van der Waals surface area contributed by atoms with Gasteiger partial charge in [-0.15, -0.1) is 0 Å². The van der Waals surface area contributed by atoms with Gasteiger partial charge in [0, 0.05) is 12.3 Å². The zero-order valence-electron chi connectivity index (χ0n) is 13.9. The molecule has 0 aliphatic heterocycles. The number of hydrogen-bond donors (Lipinski definition) is 0. The Morgan fingerprint density at radius 3 is 2.58 bits per heavy atom. The Bertz CT molecular complexity index is 787. The second-order valence-corrected chi connectivity index (χ2v) is 5.58. The van der Waals surface area contributed by atoms with Crippen LogP contribution in [0.15, 0.2) is 30.5 Å². The first-order chi connectivity index (χ1) is 11.3. The van der Waals surface area contributed by atoms with Gasteiger partial charge in [0.15, 0.2) is 0 Å². The van der Waals surface area contributed by atoms with Gasteiger partial charge in [-0.05, 0) is 30.0 Å². The summed E-state index contributed by atoms with van der Waals surface area (Å²) in [7, 11) is 1.19. The van der Waals surface area contributed by atoms with E-state index < -0.39 is 16.6 Å². The number of ether oxygens (including phenoxy) is 2. The van der Waals surface area contributed by atoms with E-state index in [-0.39, 0.29) is 17.4 Å². The van der Waals surface area contributed by atoms with Crippen molar-refractivity contribution < 1.29 is 19.2 Å². The molecule has 7 nitrogen and oxygen atoms in total. The fourth-order valence-corrected chi connectivity index (χ4v) is 2.07. The van der Waals surface area contributed by atoms with Gasteiger partial charge in [0.05, 0.1) is 17.6 Å². The summed E-state index contributed by atoms with van der Waals surface area (Å²) in [6.07, 6.45) is 1.19. The predicted molar refractivity (Wildman–Crippen MR) is 87.6 cm³/mol. The zero-order chi connectivity index (χ0) is 17.9. The van der Waals surface area contributed by atoms with E-state index in [1.165, 1.54) is 13.3 Å². The van der Waals surface area contributed by atoms with Gasteiger partial charge in [0.25, 0.3) is 5.88 Å². The van der Waals surface area contributed by atoms with Crippen LogP contribution in [0.4, 0.5) is 5.69 Å². The Labute approximate surface area is 139 Å². The van der Waals surface area contributed by atoms with Gasteiger partial charge in [-0.3, -0.25) is 10.1 Å². The van der Waals surface area contributed by atoms with Crippen LogP contribution in [0.5, 0.6) is 11.6 Å². The molecule has 2 aromatic rings. The van der Waals surface area contributed by atoms with Gasteiger partial charge in [0.2, 0.25) is 0 Å². The Hall–Kier alpha value is -2.96. The summed E-state index contributed by atoms with van der Waals surface area (Å²) < 4.78 is 10.2. The lowest BCUT2D eigenvalue weighted by Crippen LogP contribution is -2.05. The molecule has 0 fully saturated rings. The number of nitrogens with zero attached hydrogens (tertiary/aromatic N) is 2. The van der Waals surface area contributed by atoms with Crippen molar-refractivity contribution in [2.75, 3.05) is 7.11 Å². The van der Waals surface area contributed by atoms with Crippen molar-refractivity contribution in [3.8, 4) is 11.6 Å². The van der Waals surface area contributed by atoms with E-state index in [4.69, 9.17) is 4.74 Å². The number of hydrogen-bond acceptors (Lipinski definition) is 6. The normalized spacial score (nSPS) is 10.5. The van der Waals surface area contributed by atoms with E-state index >= 15 is 0 Å². The molecule has 0 aliphatic rings. The minimum Gasteiger partial charge on any atom is -0.465 e. The molecule has 0 spiro atoms. The van der Waals surface area contributed by atoms with Gasteiger partial charge in [-0.2, -0.15) is 0 Å². The summed E-state index contributed by atoms with van der Waals surface area (Å²) in [5.74, 6) is -0.0907. The lowest BCUT2D eigenvalue weighted by atomic mass is 10.0. The molecule has 0 amide bonds. The first-order valence-corrected chi connectivity index (χ1v) is 7.34. The fraction of sp³-hybridized carbons (Fsp3) is 0.294. The highest BCUT2D eigenvalue weighted by molar-refractivity contribution is 5.89. The number of carbonyl (C=O) groups is 1. The van der Waals surface area contributed by atoms with E-state index in [1.807, 2.05) is 39.0 Å². The van der Waals surface area contributed by atoms with Crippen LogP contribution in [0.2, 0.25) is 0 Å². The third-order valence-electron chi connectivity index (χ3n) is 3.54. The van der Waals surface area contributed by atoms with E-state index in [2.05, 4.69) is 9.72 Å². The Morgan fingerprint density at radius 1 is 1.29 bits per heavy atom. The first kappa shape index (κ1) is 17.4. The number of aromatic nitrogens is 1. The van der Waals surface area contributed by atoms with Crippen LogP contribution >= 0.6 is 0 Å². The minimum atomic E-state index is -0.699. The molecular weight excluding hydrogens is 312 g/mol. The van der Waals surface area contributed by atoms with Crippen LogP contribution in [0.25, 0.3) is 0 Å². The molecule has 0 saturated heterocycles. The van der Waals surface area contributed by atoms with Crippen LogP contribution in [0.1, 0.15) is 41.3 Å². The zero-order valence-corrected chi connectivity index (χ0v) is 13.9. The number of rotatable bonds is 5. The van der Waals surface area contributed by atoms with Crippen molar-refractivity contribution in [2.45, 2.75) is 26.7 Å². The quantitative estimate of drug-likeness (QED) is 0.467. The largest absolute Gasteiger partial charge is 0.465 e. The van der Waals surface area contributed by atoms with Crippen molar-refractivity contribution in [3.63, 3.8) is 0 Å². The summed E-state index contributed by atoms with van der Waals surface area (Å²) in [6, 6.07) is 6.80. The SMILES string of the molecule is COC(=O)c1cnc(Oc2cc(C(C)C)ccc2C)c([N+](=O)[O-])c1. The van der Waals surface area contributed by atoms with Crippen LogP contribution in [0, 0.1) is 17.0 Å². The molecule has 1 aromatic heterocycles. The second kappa shape index (κ2) is 7.08. The van der Waals surface area contributed by atoms with Crippen molar-refractivity contribution >= 4 is 11.7 Å². The van der Waals surface area contributed by atoms with Crippen LogP contribution in [0.3, 0.4) is 0 Å². The number of benzene rings is 1. The van der Waals surface area contributed by atoms with Gasteiger partial charge in [0.1, 0.15) is 5.75 Å². The fourth-order valence-electron chi connectivity index (χ4n) is 2.07. The highest BCUT2D eigenvalue weighted by atomic mass is 16.6. The maximum absolute atomic E-state index is 11.5. The lowest BCUT2D eigenvalue weighted by Gasteiger charge is -2.12. The average Bonchev–Trinajstić information content (AvgIpc) is 2.55. The summed E-state index contributed by atoms with van der Waals surface area (Å²) in [5.41, 5.74) is 1.47. The van der Waals surface area contributed by atoms with E-state index in [0.717, 1.165) is 17.2 Å². The van der Waals surface area contributed by atoms with Crippen molar-refractivity contribution in [1.29, 1.82) is 0 Å². The van der Waals surface area contributed by atoms with Crippen molar-refractivity contribution in [2.24, 2.45) is 0 Å². The number of aryl methyl sites for hydroxylation is 1. The minimum absolute atomic E-state index is 0.01000.